The average molecular weight is 403 g/mol. The Morgan fingerprint density at radius 1 is 1.21 bits per heavy atom. The molecule has 0 spiro atoms. The number of nitrogens with zero attached hydrogens (tertiary/aromatic N) is 1. The first-order chi connectivity index (χ1) is 14.0. The van der Waals surface area contributed by atoms with Crippen LogP contribution in [0.2, 0.25) is 0 Å². The molecular formula is C21H29N3O5. The van der Waals surface area contributed by atoms with Gasteiger partial charge in [0.15, 0.2) is 11.5 Å². The van der Waals surface area contributed by atoms with E-state index in [0.717, 1.165) is 19.3 Å². The molecule has 3 amide bonds. The fourth-order valence-electron chi connectivity index (χ4n) is 3.47. The predicted octanol–water partition coefficient (Wildman–Crippen LogP) is 1.62. The maximum absolute atomic E-state index is 12.6. The van der Waals surface area contributed by atoms with E-state index in [1.807, 2.05) is 0 Å². The van der Waals surface area contributed by atoms with Crippen molar-refractivity contribution in [3.8, 4) is 11.5 Å². The second kappa shape index (κ2) is 9.62. The van der Waals surface area contributed by atoms with Gasteiger partial charge in [-0.25, -0.2) is 0 Å². The number of nitrogens with one attached hydrogen (secondary N) is 2. The lowest BCUT2D eigenvalue weighted by Crippen LogP contribution is -2.47. The molecule has 2 unspecified atom stereocenters. The first-order valence-electron chi connectivity index (χ1n) is 10.3. The van der Waals surface area contributed by atoms with Crippen LogP contribution in [0.5, 0.6) is 11.5 Å². The second-order valence-corrected chi connectivity index (χ2v) is 7.46. The fraction of sp³-hybridized carbons (Fsp3) is 0.571. The minimum absolute atomic E-state index is 0.116. The van der Waals surface area contributed by atoms with Crippen LogP contribution in [0, 0.1) is 5.92 Å². The van der Waals surface area contributed by atoms with Crippen LogP contribution in [-0.2, 0) is 14.4 Å². The summed E-state index contributed by atoms with van der Waals surface area (Å²) in [6, 6.07) is 4.69. The molecular weight excluding hydrogens is 374 g/mol. The van der Waals surface area contributed by atoms with E-state index in [1.165, 1.54) is 0 Å². The number of ether oxygens (including phenoxy) is 2. The number of hydrogen-bond acceptors (Lipinski definition) is 5. The van der Waals surface area contributed by atoms with Gasteiger partial charge >= 0.3 is 0 Å². The van der Waals surface area contributed by atoms with Crippen molar-refractivity contribution in [2.45, 2.75) is 45.6 Å². The van der Waals surface area contributed by atoms with E-state index in [4.69, 9.17) is 9.47 Å². The number of hydrogen-bond donors (Lipinski definition) is 2. The van der Waals surface area contributed by atoms with Crippen molar-refractivity contribution < 1.29 is 23.9 Å². The van der Waals surface area contributed by atoms with Gasteiger partial charge in [0, 0.05) is 31.3 Å². The molecule has 2 atom stereocenters. The first-order valence-corrected chi connectivity index (χ1v) is 10.3. The molecule has 158 valence electrons. The zero-order valence-corrected chi connectivity index (χ0v) is 17.0. The quantitative estimate of drug-likeness (QED) is 0.643. The van der Waals surface area contributed by atoms with Crippen molar-refractivity contribution in [2.24, 2.45) is 5.92 Å². The van der Waals surface area contributed by atoms with Gasteiger partial charge in [0.1, 0.15) is 19.3 Å². The van der Waals surface area contributed by atoms with E-state index in [0.29, 0.717) is 36.9 Å². The highest BCUT2D eigenvalue weighted by Gasteiger charge is 2.36. The number of unbranched alkanes of at least 4 members (excludes halogenated alkanes) is 2. The number of amides is 3. The van der Waals surface area contributed by atoms with Crippen LogP contribution in [-0.4, -0.2) is 50.1 Å². The predicted molar refractivity (Wildman–Crippen MR) is 108 cm³/mol. The Hall–Kier alpha value is -2.77. The number of benzene rings is 1. The molecule has 8 heteroatoms. The third-order valence-corrected chi connectivity index (χ3v) is 5.16. The Morgan fingerprint density at radius 2 is 1.97 bits per heavy atom. The summed E-state index contributed by atoms with van der Waals surface area (Å²) in [7, 11) is 0. The van der Waals surface area contributed by atoms with Crippen LogP contribution in [0.4, 0.5) is 5.69 Å². The molecule has 29 heavy (non-hydrogen) atoms. The Balaban J connectivity index is 1.54. The smallest absolute Gasteiger partial charge is 0.242 e. The maximum Gasteiger partial charge on any atom is 0.242 e. The summed E-state index contributed by atoms with van der Waals surface area (Å²) in [5.41, 5.74) is 0.677. The number of rotatable bonds is 8. The third-order valence-electron chi connectivity index (χ3n) is 5.16. The monoisotopic (exact) mass is 403 g/mol. The van der Waals surface area contributed by atoms with Crippen molar-refractivity contribution in [1.29, 1.82) is 0 Å². The standard InChI is InChI=1S/C21H29N3O5/c1-3-4-5-8-22-20(26)14(2)23-21(27)15-11-19(25)24(13-15)16-6-7-17-18(12-16)29-10-9-28-17/h6-7,12,14-15H,3-5,8-11,13H2,1-2H3,(H,22,26)(H,23,27). The second-order valence-electron chi connectivity index (χ2n) is 7.46. The molecule has 1 saturated heterocycles. The molecule has 3 rings (SSSR count). The molecule has 0 radical (unpaired) electrons. The highest BCUT2D eigenvalue weighted by molar-refractivity contribution is 6.01. The summed E-state index contributed by atoms with van der Waals surface area (Å²) in [5, 5.41) is 5.56. The van der Waals surface area contributed by atoms with Crippen LogP contribution in [0.25, 0.3) is 0 Å². The number of fused-ring (bicyclic) bond motifs is 1. The molecule has 0 saturated carbocycles. The van der Waals surface area contributed by atoms with E-state index < -0.39 is 12.0 Å². The third kappa shape index (κ3) is 5.19. The zero-order chi connectivity index (χ0) is 20.8. The maximum atomic E-state index is 12.6. The minimum atomic E-state index is -0.637. The molecule has 1 fully saturated rings. The van der Waals surface area contributed by atoms with Gasteiger partial charge < -0.3 is 25.0 Å². The van der Waals surface area contributed by atoms with Gasteiger partial charge in [-0.3, -0.25) is 14.4 Å². The average Bonchev–Trinajstić information content (AvgIpc) is 3.12. The molecule has 0 aliphatic carbocycles. The van der Waals surface area contributed by atoms with Gasteiger partial charge in [-0.1, -0.05) is 19.8 Å². The molecule has 2 heterocycles. The molecule has 2 aliphatic rings. The summed E-state index contributed by atoms with van der Waals surface area (Å²) in [6.07, 6.45) is 3.17. The molecule has 1 aromatic carbocycles. The van der Waals surface area contributed by atoms with Crippen LogP contribution in [0.15, 0.2) is 18.2 Å². The number of anilines is 1. The Kier molecular flexibility index (Phi) is 6.95. The van der Waals surface area contributed by atoms with Gasteiger partial charge in [-0.15, -0.1) is 0 Å². The van der Waals surface area contributed by atoms with Gasteiger partial charge in [0.05, 0.1) is 5.92 Å². The lowest BCUT2D eigenvalue weighted by molar-refractivity contribution is -0.130. The fourth-order valence-corrected chi connectivity index (χ4v) is 3.47. The highest BCUT2D eigenvalue weighted by atomic mass is 16.6. The highest BCUT2D eigenvalue weighted by Crippen LogP contribution is 2.35. The van der Waals surface area contributed by atoms with Gasteiger partial charge in [0.25, 0.3) is 0 Å². The van der Waals surface area contributed by atoms with Crippen LogP contribution in [0.1, 0.15) is 39.5 Å². The Bertz CT molecular complexity index is 767. The molecule has 8 nitrogen and oxygen atoms in total. The number of carbonyl (C=O) groups is 3. The normalized spacial score (nSPS) is 19.0. The van der Waals surface area contributed by atoms with Gasteiger partial charge in [-0.2, -0.15) is 0 Å². The summed E-state index contributed by atoms with van der Waals surface area (Å²) < 4.78 is 11.1. The van der Waals surface area contributed by atoms with E-state index in [-0.39, 0.29) is 30.7 Å². The van der Waals surface area contributed by atoms with Crippen molar-refractivity contribution in [2.75, 3.05) is 31.2 Å². The largest absolute Gasteiger partial charge is 0.486 e. The lowest BCUT2D eigenvalue weighted by atomic mass is 10.1. The Morgan fingerprint density at radius 3 is 2.72 bits per heavy atom. The van der Waals surface area contributed by atoms with Crippen molar-refractivity contribution >= 4 is 23.4 Å². The van der Waals surface area contributed by atoms with Crippen molar-refractivity contribution in [1.82, 2.24) is 10.6 Å². The van der Waals surface area contributed by atoms with Gasteiger partial charge in [0.2, 0.25) is 17.7 Å². The first kappa shape index (κ1) is 21.0. The van der Waals surface area contributed by atoms with Crippen LogP contribution >= 0.6 is 0 Å². The van der Waals surface area contributed by atoms with Crippen molar-refractivity contribution in [3.63, 3.8) is 0 Å². The minimum Gasteiger partial charge on any atom is -0.486 e. The summed E-state index contributed by atoms with van der Waals surface area (Å²) in [6.45, 7) is 5.60. The van der Waals surface area contributed by atoms with Crippen molar-refractivity contribution in [3.05, 3.63) is 18.2 Å². The molecule has 1 aromatic rings. The Labute approximate surface area is 170 Å². The molecule has 0 aromatic heterocycles. The zero-order valence-electron chi connectivity index (χ0n) is 17.0. The number of carbonyl (C=O) groups excluding carboxylic acids is 3. The summed E-state index contributed by atoms with van der Waals surface area (Å²) in [5.74, 6) is 0.143. The molecule has 2 N–H and O–H groups in total. The topological polar surface area (TPSA) is 97.0 Å². The molecule has 2 aliphatic heterocycles. The summed E-state index contributed by atoms with van der Waals surface area (Å²) >= 11 is 0. The van der Waals surface area contributed by atoms with E-state index in [9.17, 15) is 14.4 Å². The van der Waals surface area contributed by atoms with E-state index >= 15 is 0 Å². The summed E-state index contributed by atoms with van der Waals surface area (Å²) in [4.78, 5) is 38.7. The molecule has 0 bridgehead atoms. The SMILES string of the molecule is CCCCCNC(=O)C(C)NC(=O)C1CC(=O)N(c2ccc3c(c2)OCCO3)C1. The lowest BCUT2D eigenvalue weighted by Gasteiger charge is -2.22. The van der Waals surface area contributed by atoms with Crippen LogP contribution in [0.3, 0.4) is 0 Å². The van der Waals surface area contributed by atoms with E-state index in [2.05, 4.69) is 17.6 Å². The van der Waals surface area contributed by atoms with Gasteiger partial charge in [-0.05, 0) is 25.5 Å². The van der Waals surface area contributed by atoms with Crippen LogP contribution < -0.4 is 25.0 Å². The van der Waals surface area contributed by atoms with E-state index in [1.54, 1.807) is 30.0 Å².